The quantitative estimate of drug-likeness (QED) is 0.619. The van der Waals surface area contributed by atoms with Gasteiger partial charge in [-0.05, 0) is 69.4 Å². The van der Waals surface area contributed by atoms with E-state index in [1.165, 1.54) is 41.1 Å². The summed E-state index contributed by atoms with van der Waals surface area (Å²) in [6.45, 7) is 11.5. The molecule has 124 valence electrons. The van der Waals surface area contributed by atoms with Gasteiger partial charge in [0.25, 0.3) is 0 Å². The summed E-state index contributed by atoms with van der Waals surface area (Å²) in [4.78, 5) is 1.38. The van der Waals surface area contributed by atoms with Gasteiger partial charge >= 0.3 is 0 Å². The average molecular weight is 321 g/mol. The monoisotopic (exact) mass is 320 g/mol. The summed E-state index contributed by atoms with van der Waals surface area (Å²) in [5.41, 5.74) is 4.39. The standard InChI is InChI=1S/C19H32N2S/c1-7-13(4)20-15-10-16-14(8-2)12-19(5,9-3)21-18(16)17(11-15)22-6/h10-11,13-14,20-21H,7-9,12H2,1-6H3. The summed E-state index contributed by atoms with van der Waals surface area (Å²) < 4.78 is 0. The predicted octanol–water partition coefficient (Wildman–Crippen LogP) is 6.10. The molecule has 22 heavy (non-hydrogen) atoms. The van der Waals surface area contributed by atoms with Crippen molar-refractivity contribution >= 4 is 23.1 Å². The van der Waals surface area contributed by atoms with E-state index in [-0.39, 0.29) is 5.54 Å². The van der Waals surface area contributed by atoms with Crippen molar-refractivity contribution in [2.75, 3.05) is 16.9 Å². The fourth-order valence-corrected chi connectivity index (χ4v) is 3.95. The first kappa shape index (κ1) is 17.5. The molecule has 3 atom stereocenters. The molecule has 0 saturated heterocycles. The lowest BCUT2D eigenvalue weighted by molar-refractivity contribution is 0.387. The number of thioether (sulfide) groups is 1. The minimum absolute atomic E-state index is 0.226. The molecule has 1 aliphatic rings. The van der Waals surface area contributed by atoms with Gasteiger partial charge in [0.15, 0.2) is 0 Å². The second-order valence-corrected chi connectivity index (χ2v) is 7.79. The number of hydrogen-bond donors (Lipinski definition) is 2. The molecule has 2 nitrogen and oxygen atoms in total. The normalized spacial score (nSPS) is 25.3. The highest BCUT2D eigenvalue weighted by atomic mass is 32.2. The van der Waals surface area contributed by atoms with Gasteiger partial charge in [0.2, 0.25) is 0 Å². The Morgan fingerprint density at radius 3 is 2.64 bits per heavy atom. The van der Waals surface area contributed by atoms with E-state index in [0.717, 1.165) is 6.42 Å². The maximum atomic E-state index is 3.85. The van der Waals surface area contributed by atoms with Crippen LogP contribution in [0.2, 0.25) is 0 Å². The molecular weight excluding hydrogens is 288 g/mol. The molecule has 1 aliphatic heterocycles. The molecule has 0 aliphatic carbocycles. The van der Waals surface area contributed by atoms with Crippen molar-refractivity contribution in [2.24, 2.45) is 0 Å². The maximum Gasteiger partial charge on any atom is 0.0519 e. The highest BCUT2D eigenvalue weighted by Crippen LogP contribution is 2.47. The molecule has 2 rings (SSSR count). The zero-order valence-corrected chi connectivity index (χ0v) is 15.9. The number of rotatable bonds is 6. The topological polar surface area (TPSA) is 24.1 Å². The zero-order chi connectivity index (χ0) is 16.3. The van der Waals surface area contributed by atoms with Crippen LogP contribution in [0.4, 0.5) is 11.4 Å². The van der Waals surface area contributed by atoms with Crippen molar-refractivity contribution in [3.63, 3.8) is 0 Å². The lowest BCUT2D eigenvalue weighted by atomic mass is 9.77. The van der Waals surface area contributed by atoms with E-state index < -0.39 is 0 Å². The molecule has 1 aromatic rings. The molecule has 0 saturated carbocycles. The molecule has 1 heterocycles. The third kappa shape index (κ3) is 3.56. The fraction of sp³-hybridized carbons (Fsp3) is 0.684. The predicted molar refractivity (Wildman–Crippen MR) is 102 cm³/mol. The summed E-state index contributed by atoms with van der Waals surface area (Å²) in [7, 11) is 0. The van der Waals surface area contributed by atoms with Gasteiger partial charge in [-0.2, -0.15) is 0 Å². The molecule has 3 unspecified atom stereocenters. The smallest absolute Gasteiger partial charge is 0.0519 e. The third-order valence-corrected chi connectivity index (χ3v) is 5.98. The molecule has 3 heteroatoms. The van der Waals surface area contributed by atoms with Crippen molar-refractivity contribution in [3.05, 3.63) is 17.7 Å². The van der Waals surface area contributed by atoms with Crippen LogP contribution in [-0.4, -0.2) is 17.8 Å². The largest absolute Gasteiger partial charge is 0.383 e. The molecule has 0 fully saturated rings. The van der Waals surface area contributed by atoms with Gasteiger partial charge in [0.05, 0.1) is 5.69 Å². The van der Waals surface area contributed by atoms with E-state index in [4.69, 9.17) is 0 Å². The van der Waals surface area contributed by atoms with E-state index in [2.05, 4.69) is 63.6 Å². The van der Waals surface area contributed by atoms with Gasteiger partial charge in [0.1, 0.15) is 0 Å². The molecule has 0 amide bonds. The highest BCUT2D eigenvalue weighted by Gasteiger charge is 2.34. The van der Waals surface area contributed by atoms with Gasteiger partial charge in [-0.3, -0.25) is 0 Å². The van der Waals surface area contributed by atoms with Crippen LogP contribution in [0.1, 0.15) is 71.8 Å². The number of hydrogen-bond acceptors (Lipinski definition) is 3. The first-order valence-corrected chi connectivity index (χ1v) is 9.95. The Morgan fingerprint density at radius 2 is 2.09 bits per heavy atom. The van der Waals surface area contributed by atoms with Crippen LogP contribution in [0.5, 0.6) is 0 Å². The lowest BCUT2D eigenvalue weighted by Gasteiger charge is -2.42. The van der Waals surface area contributed by atoms with E-state index in [1.807, 2.05) is 11.8 Å². The molecule has 2 N–H and O–H groups in total. The fourth-order valence-electron chi connectivity index (χ4n) is 3.33. The summed E-state index contributed by atoms with van der Waals surface area (Å²) in [6, 6.07) is 5.22. The van der Waals surface area contributed by atoms with Gasteiger partial charge < -0.3 is 10.6 Å². The summed E-state index contributed by atoms with van der Waals surface area (Å²) >= 11 is 1.85. The van der Waals surface area contributed by atoms with Crippen molar-refractivity contribution in [1.29, 1.82) is 0 Å². The van der Waals surface area contributed by atoms with E-state index >= 15 is 0 Å². The van der Waals surface area contributed by atoms with Crippen LogP contribution in [0.15, 0.2) is 17.0 Å². The molecular formula is C19H32N2S. The van der Waals surface area contributed by atoms with Gasteiger partial charge in [-0.15, -0.1) is 11.8 Å². The van der Waals surface area contributed by atoms with Crippen molar-refractivity contribution < 1.29 is 0 Å². The van der Waals surface area contributed by atoms with Crippen molar-refractivity contribution in [3.8, 4) is 0 Å². The maximum absolute atomic E-state index is 3.85. The molecule has 1 aromatic carbocycles. The van der Waals surface area contributed by atoms with Gasteiger partial charge in [-0.1, -0.05) is 20.8 Å². The number of fused-ring (bicyclic) bond motifs is 1. The van der Waals surface area contributed by atoms with Crippen LogP contribution >= 0.6 is 11.8 Å². The second-order valence-electron chi connectivity index (χ2n) is 6.94. The van der Waals surface area contributed by atoms with Crippen LogP contribution < -0.4 is 10.6 Å². The Balaban J connectivity index is 2.45. The second kappa shape index (κ2) is 7.16. The lowest BCUT2D eigenvalue weighted by Crippen LogP contribution is -2.40. The van der Waals surface area contributed by atoms with Crippen molar-refractivity contribution in [1.82, 2.24) is 0 Å². The first-order chi connectivity index (χ1) is 10.5. The summed E-state index contributed by atoms with van der Waals surface area (Å²) in [5, 5.41) is 7.51. The molecule has 0 aromatic heterocycles. The van der Waals surface area contributed by atoms with E-state index in [1.54, 1.807) is 0 Å². The highest BCUT2D eigenvalue weighted by molar-refractivity contribution is 7.98. The van der Waals surface area contributed by atoms with E-state index in [9.17, 15) is 0 Å². The van der Waals surface area contributed by atoms with Gasteiger partial charge in [0, 0.05) is 22.2 Å². The Bertz CT molecular complexity index is 514. The minimum atomic E-state index is 0.226. The Morgan fingerprint density at radius 1 is 1.36 bits per heavy atom. The zero-order valence-electron chi connectivity index (χ0n) is 15.0. The van der Waals surface area contributed by atoms with E-state index in [0.29, 0.717) is 12.0 Å². The Hall–Kier alpha value is -0.830. The number of benzene rings is 1. The summed E-state index contributed by atoms with van der Waals surface area (Å²) in [6.07, 6.45) is 6.94. The van der Waals surface area contributed by atoms with Crippen molar-refractivity contribution in [2.45, 2.75) is 82.7 Å². The average Bonchev–Trinajstić information content (AvgIpc) is 2.53. The van der Waals surface area contributed by atoms with Gasteiger partial charge in [-0.25, -0.2) is 0 Å². The summed E-state index contributed by atoms with van der Waals surface area (Å²) in [5.74, 6) is 0.658. The van der Waals surface area contributed by atoms with Crippen LogP contribution in [0.3, 0.4) is 0 Å². The molecule has 0 spiro atoms. The molecule has 0 radical (unpaired) electrons. The Kier molecular flexibility index (Phi) is 5.70. The number of anilines is 2. The molecule has 0 bridgehead atoms. The minimum Gasteiger partial charge on any atom is -0.383 e. The SMILES string of the molecule is CCC(C)Nc1cc(SC)c2c(c1)C(CC)CC(C)(CC)N2. The van der Waals surface area contributed by atoms with Crippen LogP contribution in [-0.2, 0) is 0 Å². The first-order valence-electron chi connectivity index (χ1n) is 8.72. The Labute approximate surface area is 140 Å². The number of nitrogens with one attached hydrogen (secondary N) is 2. The third-order valence-electron chi connectivity index (χ3n) is 5.21. The van der Waals surface area contributed by atoms with Crippen LogP contribution in [0, 0.1) is 0 Å². The van der Waals surface area contributed by atoms with Crippen LogP contribution in [0.25, 0.3) is 0 Å².